The number of aliphatic carboxylic acids is 1. The Morgan fingerprint density at radius 2 is 2.05 bits per heavy atom. The summed E-state index contributed by atoms with van der Waals surface area (Å²) in [6.45, 7) is 8.45. The van der Waals surface area contributed by atoms with Gasteiger partial charge in [0.05, 0.1) is 23.2 Å². The van der Waals surface area contributed by atoms with Crippen LogP contribution in [-0.2, 0) is 10.3 Å². The van der Waals surface area contributed by atoms with Crippen LogP contribution in [0.4, 0.5) is 0 Å². The van der Waals surface area contributed by atoms with E-state index in [1.807, 2.05) is 27.7 Å². The lowest BCUT2D eigenvalue weighted by atomic mass is 9.90. The van der Waals surface area contributed by atoms with Gasteiger partial charge in [-0.1, -0.05) is 0 Å². The zero-order valence-electron chi connectivity index (χ0n) is 13.0. The van der Waals surface area contributed by atoms with Gasteiger partial charge in [-0.05, 0) is 40.5 Å². The molecule has 2 atom stereocenters. The number of carbonyl (C=O) groups excluding carboxylic acids is 1. The largest absolute Gasteiger partial charge is 0.481 e. The molecule has 0 aromatic carbocycles. The fraction of sp³-hybridized carbons (Fsp3) is 0.667. The Kier molecular flexibility index (Phi) is 4.07. The molecule has 1 amide bonds. The van der Waals surface area contributed by atoms with E-state index in [1.165, 1.54) is 0 Å². The van der Waals surface area contributed by atoms with Gasteiger partial charge in [-0.3, -0.25) is 14.3 Å². The molecule has 21 heavy (non-hydrogen) atoms. The summed E-state index contributed by atoms with van der Waals surface area (Å²) in [4.78, 5) is 25.5. The maximum Gasteiger partial charge on any atom is 0.308 e. The molecule has 116 valence electrons. The number of likely N-dealkylation sites (tertiary alicyclic amines) is 1. The van der Waals surface area contributed by atoms with Gasteiger partial charge in [0.15, 0.2) is 0 Å². The smallest absolute Gasteiger partial charge is 0.308 e. The van der Waals surface area contributed by atoms with Gasteiger partial charge in [-0.2, -0.15) is 5.10 Å². The molecular formula is C15H23N3O3. The summed E-state index contributed by atoms with van der Waals surface area (Å²) in [5.74, 6) is -1.45. The molecule has 0 bridgehead atoms. The zero-order valence-corrected chi connectivity index (χ0v) is 13.0. The Morgan fingerprint density at radius 1 is 1.38 bits per heavy atom. The van der Waals surface area contributed by atoms with Gasteiger partial charge in [0, 0.05) is 18.8 Å². The van der Waals surface area contributed by atoms with E-state index in [1.54, 1.807) is 22.0 Å². The Hall–Kier alpha value is -1.85. The molecule has 0 aliphatic carbocycles. The standard InChI is InChI=1S/C15H23N3O3/c1-10-12(14(20)21)6-5-7-17(10)13(19)11-8-16-18(9-11)15(2,3)4/h8-10,12H,5-7H2,1-4H3,(H,20,21)/t10-,12-/m1/s1. The first kappa shape index (κ1) is 15.5. The van der Waals surface area contributed by atoms with Gasteiger partial charge in [0.25, 0.3) is 5.91 Å². The van der Waals surface area contributed by atoms with Crippen molar-refractivity contribution in [1.29, 1.82) is 0 Å². The minimum atomic E-state index is -0.828. The number of nitrogens with zero attached hydrogens (tertiary/aromatic N) is 3. The lowest BCUT2D eigenvalue weighted by molar-refractivity contribution is -0.144. The fourth-order valence-corrected chi connectivity index (χ4v) is 2.73. The highest BCUT2D eigenvalue weighted by atomic mass is 16.4. The van der Waals surface area contributed by atoms with E-state index < -0.39 is 11.9 Å². The lowest BCUT2D eigenvalue weighted by Crippen LogP contribution is -2.49. The minimum absolute atomic E-state index is 0.135. The molecule has 1 aromatic rings. The third-order valence-electron chi connectivity index (χ3n) is 4.08. The molecular weight excluding hydrogens is 270 g/mol. The number of amides is 1. The van der Waals surface area contributed by atoms with Crippen LogP contribution in [0, 0.1) is 5.92 Å². The van der Waals surface area contributed by atoms with Crippen molar-refractivity contribution >= 4 is 11.9 Å². The molecule has 1 aromatic heterocycles. The van der Waals surface area contributed by atoms with Crippen molar-refractivity contribution in [2.75, 3.05) is 6.54 Å². The Balaban J connectivity index is 2.19. The lowest BCUT2D eigenvalue weighted by Gasteiger charge is -2.37. The number of hydrogen-bond acceptors (Lipinski definition) is 3. The van der Waals surface area contributed by atoms with Crippen LogP contribution < -0.4 is 0 Å². The predicted molar refractivity (Wildman–Crippen MR) is 78.1 cm³/mol. The van der Waals surface area contributed by atoms with E-state index in [0.29, 0.717) is 18.5 Å². The highest BCUT2D eigenvalue weighted by molar-refractivity contribution is 5.94. The summed E-state index contributed by atoms with van der Waals surface area (Å²) in [7, 11) is 0. The number of piperidine rings is 1. The first-order valence-corrected chi connectivity index (χ1v) is 7.30. The molecule has 6 nitrogen and oxygen atoms in total. The van der Waals surface area contributed by atoms with E-state index in [4.69, 9.17) is 0 Å². The van der Waals surface area contributed by atoms with E-state index in [-0.39, 0.29) is 17.5 Å². The van der Waals surface area contributed by atoms with E-state index in [9.17, 15) is 14.7 Å². The van der Waals surface area contributed by atoms with Crippen molar-refractivity contribution in [2.24, 2.45) is 5.92 Å². The average Bonchev–Trinajstić information content (AvgIpc) is 2.87. The van der Waals surface area contributed by atoms with Gasteiger partial charge >= 0.3 is 5.97 Å². The van der Waals surface area contributed by atoms with Crippen LogP contribution in [0.1, 0.15) is 50.9 Å². The van der Waals surface area contributed by atoms with Crippen LogP contribution in [0.25, 0.3) is 0 Å². The Labute approximate surface area is 124 Å². The van der Waals surface area contributed by atoms with Crippen LogP contribution in [0.3, 0.4) is 0 Å². The summed E-state index contributed by atoms with van der Waals surface area (Å²) in [6.07, 6.45) is 4.64. The second-order valence-corrected chi connectivity index (χ2v) is 6.67. The molecule has 1 aliphatic heterocycles. The molecule has 0 unspecified atom stereocenters. The van der Waals surface area contributed by atoms with Crippen molar-refractivity contribution in [3.05, 3.63) is 18.0 Å². The third kappa shape index (κ3) is 3.09. The van der Waals surface area contributed by atoms with Gasteiger partial charge < -0.3 is 10.0 Å². The van der Waals surface area contributed by atoms with Gasteiger partial charge in [-0.15, -0.1) is 0 Å². The molecule has 1 aliphatic rings. The van der Waals surface area contributed by atoms with E-state index in [2.05, 4.69) is 5.10 Å². The van der Waals surface area contributed by atoms with E-state index in [0.717, 1.165) is 6.42 Å². The van der Waals surface area contributed by atoms with Crippen LogP contribution in [0.2, 0.25) is 0 Å². The van der Waals surface area contributed by atoms with Crippen LogP contribution in [0.5, 0.6) is 0 Å². The van der Waals surface area contributed by atoms with Gasteiger partial charge in [-0.25, -0.2) is 0 Å². The first-order chi connectivity index (χ1) is 9.71. The molecule has 2 rings (SSSR count). The predicted octanol–water partition coefficient (Wildman–Crippen LogP) is 1.96. The highest BCUT2D eigenvalue weighted by Crippen LogP contribution is 2.25. The SMILES string of the molecule is C[C@@H]1[C@H](C(=O)O)CCCN1C(=O)c1cnn(C(C)(C)C)c1. The van der Waals surface area contributed by atoms with Crippen molar-refractivity contribution in [3.63, 3.8) is 0 Å². The van der Waals surface area contributed by atoms with Crippen molar-refractivity contribution in [1.82, 2.24) is 14.7 Å². The van der Waals surface area contributed by atoms with Crippen molar-refractivity contribution < 1.29 is 14.7 Å². The van der Waals surface area contributed by atoms with E-state index >= 15 is 0 Å². The second kappa shape index (κ2) is 5.50. The average molecular weight is 293 g/mol. The third-order valence-corrected chi connectivity index (χ3v) is 4.08. The summed E-state index contributed by atoms with van der Waals surface area (Å²) in [6, 6.07) is -0.290. The molecule has 1 N–H and O–H groups in total. The summed E-state index contributed by atoms with van der Waals surface area (Å²) in [5, 5.41) is 13.5. The van der Waals surface area contributed by atoms with Gasteiger partial charge in [0.1, 0.15) is 0 Å². The summed E-state index contributed by atoms with van der Waals surface area (Å²) < 4.78 is 1.75. The maximum atomic E-state index is 12.6. The molecule has 1 saturated heterocycles. The number of carboxylic acids is 1. The maximum absolute atomic E-state index is 12.6. The monoisotopic (exact) mass is 293 g/mol. The molecule has 2 heterocycles. The number of carboxylic acid groups (broad SMARTS) is 1. The summed E-state index contributed by atoms with van der Waals surface area (Å²) >= 11 is 0. The number of hydrogen-bond donors (Lipinski definition) is 1. The first-order valence-electron chi connectivity index (χ1n) is 7.30. The molecule has 0 radical (unpaired) electrons. The quantitative estimate of drug-likeness (QED) is 0.904. The molecule has 1 fully saturated rings. The van der Waals surface area contributed by atoms with Crippen LogP contribution >= 0.6 is 0 Å². The number of carbonyl (C=O) groups is 2. The minimum Gasteiger partial charge on any atom is -0.481 e. The van der Waals surface area contributed by atoms with Crippen molar-refractivity contribution in [3.8, 4) is 0 Å². The molecule has 6 heteroatoms. The number of rotatable bonds is 2. The zero-order chi connectivity index (χ0) is 15.8. The van der Waals surface area contributed by atoms with Crippen LogP contribution in [-0.4, -0.2) is 44.3 Å². The summed E-state index contributed by atoms with van der Waals surface area (Å²) in [5.41, 5.74) is 0.332. The Bertz CT molecular complexity index is 545. The Morgan fingerprint density at radius 3 is 2.57 bits per heavy atom. The van der Waals surface area contributed by atoms with Crippen molar-refractivity contribution in [2.45, 2.75) is 52.1 Å². The number of aromatic nitrogens is 2. The van der Waals surface area contributed by atoms with Gasteiger partial charge in [0.2, 0.25) is 0 Å². The highest BCUT2D eigenvalue weighted by Gasteiger charge is 2.36. The normalized spacial score (nSPS) is 23.1. The molecule has 0 spiro atoms. The molecule has 0 saturated carbocycles. The fourth-order valence-electron chi connectivity index (χ4n) is 2.73. The topological polar surface area (TPSA) is 75.4 Å². The van der Waals surface area contributed by atoms with Crippen LogP contribution in [0.15, 0.2) is 12.4 Å². The second-order valence-electron chi connectivity index (χ2n) is 6.67.